The number of aliphatic carboxylic acids is 1. The van der Waals surface area contributed by atoms with Crippen molar-refractivity contribution in [2.24, 2.45) is 5.92 Å². The molecule has 2 aromatic rings. The summed E-state index contributed by atoms with van der Waals surface area (Å²) in [4.78, 5) is 11.0. The minimum atomic E-state index is -1.34. The van der Waals surface area contributed by atoms with E-state index in [-0.39, 0.29) is 19.4 Å². The molecule has 1 saturated carbocycles. The Morgan fingerprint density at radius 3 is 2.71 bits per heavy atom. The number of halogens is 1. The van der Waals surface area contributed by atoms with Gasteiger partial charge in [0.1, 0.15) is 5.67 Å². The SMILES string of the molecule is O=C(O)C1CCC(F)(CNCc2cnnn2-c2ccccc2)CC1. The number of hydrogen-bond acceptors (Lipinski definition) is 4. The molecule has 24 heavy (non-hydrogen) atoms. The lowest BCUT2D eigenvalue weighted by atomic mass is 9.80. The molecule has 1 aromatic carbocycles. The predicted octanol–water partition coefficient (Wildman–Crippen LogP) is 2.34. The van der Waals surface area contributed by atoms with Crippen LogP contribution in [0.1, 0.15) is 31.4 Å². The maximum absolute atomic E-state index is 14.8. The average molecular weight is 332 g/mol. The van der Waals surface area contributed by atoms with Crippen LogP contribution in [0.2, 0.25) is 0 Å². The van der Waals surface area contributed by atoms with Gasteiger partial charge in [0, 0.05) is 13.1 Å². The van der Waals surface area contributed by atoms with Gasteiger partial charge < -0.3 is 10.4 Å². The summed E-state index contributed by atoms with van der Waals surface area (Å²) in [6.45, 7) is 0.662. The molecule has 3 rings (SSSR count). The third-order valence-electron chi connectivity index (χ3n) is 4.60. The van der Waals surface area contributed by atoms with E-state index in [1.807, 2.05) is 30.3 Å². The number of carboxylic acid groups (broad SMARTS) is 1. The Morgan fingerprint density at radius 2 is 2.04 bits per heavy atom. The lowest BCUT2D eigenvalue weighted by molar-refractivity contribution is -0.143. The Morgan fingerprint density at radius 1 is 1.33 bits per heavy atom. The summed E-state index contributed by atoms with van der Waals surface area (Å²) < 4.78 is 16.5. The van der Waals surface area contributed by atoms with Crippen LogP contribution in [-0.4, -0.2) is 38.3 Å². The number of nitrogens with one attached hydrogen (secondary N) is 1. The Labute approximate surface area is 139 Å². The van der Waals surface area contributed by atoms with E-state index in [9.17, 15) is 9.18 Å². The topological polar surface area (TPSA) is 80.0 Å². The summed E-state index contributed by atoms with van der Waals surface area (Å²) in [5, 5.41) is 20.1. The maximum Gasteiger partial charge on any atom is 0.306 e. The standard InChI is InChI=1S/C17H21FN4O2/c18-17(8-6-13(7-9-17)16(23)24)12-19-10-15-11-20-21-22(15)14-4-2-1-3-5-14/h1-5,11,13,19H,6-10,12H2,(H,23,24). The van der Waals surface area contributed by atoms with Gasteiger partial charge in [0.05, 0.1) is 23.5 Å². The van der Waals surface area contributed by atoms with E-state index in [1.165, 1.54) is 0 Å². The van der Waals surface area contributed by atoms with Gasteiger partial charge in [-0.25, -0.2) is 9.07 Å². The number of carbonyl (C=O) groups is 1. The molecule has 0 atom stereocenters. The van der Waals surface area contributed by atoms with Gasteiger partial charge in [-0.05, 0) is 37.8 Å². The van der Waals surface area contributed by atoms with E-state index in [0.29, 0.717) is 19.4 Å². The van der Waals surface area contributed by atoms with Crippen molar-refractivity contribution < 1.29 is 14.3 Å². The van der Waals surface area contributed by atoms with Crippen molar-refractivity contribution in [3.8, 4) is 5.69 Å². The molecule has 1 fully saturated rings. The first-order valence-electron chi connectivity index (χ1n) is 8.15. The van der Waals surface area contributed by atoms with Crippen molar-refractivity contribution in [1.82, 2.24) is 20.3 Å². The number of aromatic nitrogens is 3. The molecule has 6 nitrogen and oxygen atoms in total. The van der Waals surface area contributed by atoms with Crippen LogP contribution in [0.4, 0.5) is 4.39 Å². The van der Waals surface area contributed by atoms with Gasteiger partial charge in [-0.1, -0.05) is 23.4 Å². The molecule has 7 heteroatoms. The molecule has 128 valence electrons. The Balaban J connectivity index is 1.54. The highest BCUT2D eigenvalue weighted by Gasteiger charge is 2.37. The highest BCUT2D eigenvalue weighted by Crippen LogP contribution is 2.34. The molecular formula is C17H21FN4O2. The zero-order valence-electron chi connectivity index (χ0n) is 13.4. The molecule has 1 aliphatic rings. The van der Waals surface area contributed by atoms with Gasteiger partial charge in [0.15, 0.2) is 0 Å². The summed E-state index contributed by atoms with van der Waals surface area (Å²) >= 11 is 0. The number of alkyl halides is 1. The smallest absolute Gasteiger partial charge is 0.306 e. The number of para-hydroxylation sites is 1. The zero-order chi connectivity index (χ0) is 17.0. The molecule has 0 saturated heterocycles. The lowest BCUT2D eigenvalue weighted by Crippen LogP contribution is -2.41. The predicted molar refractivity (Wildman–Crippen MR) is 86.5 cm³/mol. The average Bonchev–Trinajstić information content (AvgIpc) is 3.04. The van der Waals surface area contributed by atoms with Crippen molar-refractivity contribution in [3.63, 3.8) is 0 Å². The molecule has 1 aliphatic carbocycles. The van der Waals surface area contributed by atoms with Crippen LogP contribution in [0.15, 0.2) is 36.5 Å². The minimum absolute atomic E-state index is 0.208. The third kappa shape index (κ3) is 3.79. The molecule has 2 N–H and O–H groups in total. The van der Waals surface area contributed by atoms with Crippen LogP contribution in [-0.2, 0) is 11.3 Å². The second-order valence-electron chi connectivity index (χ2n) is 6.34. The number of rotatable bonds is 6. The van der Waals surface area contributed by atoms with Crippen molar-refractivity contribution in [3.05, 3.63) is 42.2 Å². The molecule has 0 bridgehead atoms. The maximum atomic E-state index is 14.8. The van der Waals surface area contributed by atoms with Crippen molar-refractivity contribution >= 4 is 5.97 Å². The number of carboxylic acids is 1. The van der Waals surface area contributed by atoms with Crippen LogP contribution >= 0.6 is 0 Å². The monoisotopic (exact) mass is 332 g/mol. The van der Waals surface area contributed by atoms with E-state index < -0.39 is 17.6 Å². The lowest BCUT2D eigenvalue weighted by Gasteiger charge is -2.32. The van der Waals surface area contributed by atoms with Gasteiger partial charge >= 0.3 is 5.97 Å². The van der Waals surface area contributed by atoms with E-state index in [1.54, 1.807) is 10.9 Å². The number of hydrogen-bond donors (Lipinski definition) is 2. The zero-order valence-corrected chi connectivity index (χ0v) is 13.4. The highest BCUT2D eigenvalue weighted by molar-refractivity contribution is 5.70. The first kappa shape index (κ1) is 16.6. The van der Waals surface area contributed by atoms with Gasteiger partial charge in [-0.3, -0.25) is 4.79 Å². The summed E-state index contributed by atoms with van der Waals surface area (Å²) in [5.41, 5.74) is 0.421. The molecule has 1 heterocycles. The fourth-order valence-electron chi connectivity index (χ4n) is 3.14. The van der Waals surface area contributed by atoms with Crippen molar-refractivity contribution in [2.45, 2.75) is 37.9 Å². The van der Waals surface area contributed by atoms with Crippen molar-refractivity contribution in [2.75, 3.05) is 6.54 Å². The van der Waals surface area contributed by atoms with Gasteiger partial charge in [-0.2, -0.15) is 0 Å². The highest BCUT2D eigenvalue weighted by atomic mass is 19.1. The van der Waals surface area contributed by atoms with Gasteiger partial charge in [-0.15, -0.1) is 5.10 Å². The van der Waals surface area contributed by atoms with E-state index in [4.69, 9.17) is 5.11 Å². The van der Waals surface area contributed by atoms with Crippen LogP contribution in [0.25, 0.3) is 5.69 Å². The minimum Gasteiger partial charge on any atom is -0.481 e. The molecule has 0 unspecified atom stereocenters. The fourth-order valence-corrected chi connectivity index (χ4v) is 3.14. The normalized spacial score (nSPS) is 24.0. The molecule has 0 aliphatic heterocycles. The summed E-state index contributed by atoms with van der Waals surface area (Å²) in [7, 11) is 0. The molecular weight excluding hydrogens is 311 g/mol. The van der Waals surface area contributed by atoms with Gasteiger partial charge in [0.2, 0.25) is 0 Å². The molecule has 0 radical (unpaired) electrons. The van der Waals surface area contributed by atoms with Crippen molar-refractivity contribution in [1.29, 1.82) is 0 Å². The van der Waals surface area contributed by atoms with E-state index >= 15 is 0 Å². The molecule has 1 aromatic heterocycles. The van der Waals surface area contributed by atoms with Crippen LogP contribution in [0.5, 0.6) is 0 Å². The Bertz CT molecular complexity index is 681. The second-order valence-corrected chi connectivity index (χ2v) is 6.34. The summed E-state index contributed by atoms with van der Waals surface area (Å²) in [5.74, 6) is -1.22. The van der Waals surface area contributed by atoms with Gasteiger partial charge in [0.25, 0.3) is 0 Å². The van der Waals surface area contributed by atoms with E-state index in [0.717, 1.165) is 11.4 Å². The second kappa shape index (κ2) is 7.09. The molecule has 0 amide bonds. The largest absolute Gasteiger partial charge is 0.481 e. The first-order chi connectivity index (χ1) is 11.6. The molecule has 0 spiro atoms. The quantitative estimate of drug-likeness (QED) is 0.849. The number of nitrogens with zero attached hydrogens (tertiary/aromatic N) is 3. The Hall–Kier alpha value is -2.28. The van der Waals surface area contributed by atoms with E-state index in [2.05, 4.69) is 15.6 Å². The number of benzene rings is 1. The fraction of sp³-hybridized carbons (Fsp3) is 0.471. The summed E-state index contributed by atoms with van der Waals surface area (Å²) in [6.07, 6.45) is 3.03. The Kier molecular flexibility index (Phi) is 4.89. The van der Waals surface area contributed by atoms with Crippen LogP contribution in [0.3, 0.4) is 0 Å². The summed E-state index contributed by atoms with van der Waals surface area (Å²) in [6, 6.07) is 9.64. The first-order valence-corrected chi connectivity index (χ1v) is 8.15. The third-order valence-corrected chi connectivity index (χ3v) is 4.60. The van der Waals surface area contributed by atoms with Crippen LogP contribution < -0.4 is 5.32 Å². The van der Waals surface area contributed by atoms with Crippen LogP contribution in [0, 0.1) is 5.92 Å².